The minimum atomic E-state index is -0.199. The van der Waals surface area contributed by atoms with Gasteiger partial charge in [0.2, 0.25) is 0 Å². The van der Waals surface area contributed by atoms with Gasteiger partial charge >= 0.3 is 0 Å². The molecule has 90 valence electrons. The number of hydrogen-bond acceptors (Lipinski definition) is 3. The summed E-state index contributed by atoms with van der Waals surface area (Å²) in [5, 5.41) is 1.01. The molecule has 2 nitrogen and oxygen atoms in total. The standard InChI is InChI=1S/C13H15FN2S/c1-9(15)5-12-8-16-13(17-12)7-10-3-2-4-11(14)6-10/h2-4,6,8-9H,5,7,15H2,1H3. The van der Waals surface area contributed by atoms with E-state index in [4.69, 9.17) is 5.73 Å². The number of hydrogen-bond donors (Lipinski definition) is 1. The van der Waals surface area contributed by atoms with Crippen molar-refractivity contribution in [2.75, 3.05) is 0 Å². The second-order valence-corrected chi connectivity index (χ2v) is 5.41. The second kappa shape index (κ2) is 5.38. The number of benzene rings is 1. The number of nitrogens with zero attached hydrogens (tertiary/aromatic N) is 1. The van der Waals surface area contributed by atoms with E-state index in [1.807, 2.05) is 19.2 Å². The average Bonchev–Trinajstić information content (AvgIpc) is 2.64. The third-order valence-corrected chi connectivity index (χ3v) is 3.39. The molecule has 1 heterocycles. The van der Waals surface area contributed by atoms with Crippen LogP contribution in [0.5, 0.6) is 0 Å². The Labute approximate surface area is 104 Å². The van der Waals surface area contributed by atoms with Crippen molar-refractivity contribution in [3.05, 3.63) is 51.7 Å². The zero-order valence-electron chi connectivity index (χ0n) is 9.69. The first-order chi connectivity index (χ1) is 8.13. The lowest BCUT2D eigenvalue weighted by molar-refractivity contribution is 0.626. The van der Waals surface area contributed by atoms with Gasteiger partial charge in [0.25, 0.3) is 0 Å². The van der Waals surface area contributed by atoms with Crippen molar-refractivity contribution in [1.82, 2.24) is 4.98 Å². The summed E-state index contributed by atoms with van der Waals surface area (Å²) in [5.41, 5.74) is 6.69. The van der Waals surface area contributed by atoms with Gasteiger partial charge in [-0.1, -0.05) is 12.1 Å². The first-order valence-electron chi connectivity index (χ1n) is 5.57. The zero-order chi connectivity index (χ0) is 12.3. The fourth-order valence-corrected chi connectivity index (χ4v) is 2.76. The Bertz CT molecular complexity index is 494. The maximum Gasteiger partial charge on any atom is 0.123 e. The molecule has 2 aromatic rings. The zero-order valence-corrected chi connectivity index (χ0v) is 10.5. The highest BCUT2D eigenvalue weighted by atomic mass is 32.1. The van der Waals surface area contributed by atoms with Crippen LogP contribution in [0.15, 0.2) is 30.5 Å². The van der Waals surface area contributed by atoms with Crippen molar-refractivity contribution in [2.24, 2.45) is 5.73 Å². The van der Waals surface area contributed by atoms with Crippen LogP contribution in [0.3, 0.4) is 0 Å². The van der Waals surface area contributed by atoms with Crippen LogP contribution in [0, 0.1) is 5.82 Å². The summed E-state index contributed by atoms with van der Waals surface area (Å²) in [7, 11) is 0. The van der Waals surface area contributed by atoms with Gasteiger partial charge in [0.1, 0.15) is 5.82 Å². The van der Waals surface area contributed by atoms with Crippen LogP contribution in [-0.4, -0.2) is 11.0 Å². The van der Waals surface area contributed by atoms with E-state index in [1.54, 1.807) is 23.5 Å². The Hall–Kier alpha value is -1.26. The van der Waals surface area contributed by atoms with Crippen molar-refractivity contribution < 1.29 is 4.39 Å². The molecule has 0 saturated heterocycles. The maximum absolute atomic E-state index is 13.0. The van der Waals surface area contributed by atoms with E-state index in [2.05, 4.69) is 4.98 Å². The molecule has 0 radical (unpaired) electrons. The topological polar surface area (TPSA) is 38.9 Å². The molecule has 0 aliphatic rings. The smallest absolute Gasteiger partial charge is 0.123 e. The summed E-state index contributed by atoms with van der Waals surface area (Å²) >= 11 is 1.65. The summed E-state index contributed by atoms with van der Waals surface area (Å²) in [6.45, 7) is 1.98. The predicted octanol–water partition coefficient (Wildman–Crippen LogP) is 2.76. The van der Waals surface area contributed by atoms with Crippen LogP contribution in [0.2, 0.25) is 0 Å². The van der Waals surface area contributed by atoms with E-state index in [0.29, 0.717) is 6.42 Å². The molecule has 17 heavy (non-hydrogen) atoms. The Morgan fingerprint density at radius 2 is 2.29 bits per heavy atom. The van der Waals surface area contributed by atoms with Crippen LogP contribution in [0.1, 0.15) is 22.4 Å². The van der Waals surface area contributed by atoms with E-state index < -0.39 is 0 Å². The van der Waals surface area contributed by atoms with Crippen LogP contribution in [0.4, 0.5) is 4.39 Å². The molecule has 0 fully saturated rings. The minimum absolute atomic E-state index is 0.150. The van der Waals surface area contributed by atoms with Crippen molar-refractivity contribution >= 4 is 11.3 Å². The third-order valence-electron chi connectivity index (χ3n) is 2.37. The van der Waals surface area contributed by atoms with E-state index in [-0.39, 0.29) is 11.9 Å². The fraction of sp³-hybridized carbons (Fsp3) is 0.308. The van der Waals surface area contributed by atoms with E-state index >= 15 is 0 Å². The molecular weight excluding hydrogens is 235 g/mol. The number of nitrogens with two attached hydrogens (primary N) is 1. The van der Waals surface area contributed by atoms with Crippen LogP contribution in [0.25, 0.3) is 0 Å². The van der Waals surface area contributed by atoms with Crippen molar-refractivity contribution in [3.8, 4) is 0 Å². The molecule has 0 aliphatic heterocycles. The normalized spacial score (nSPS) is 12.6. The number of thiazole rings is 1. The lowest BCUT2D eigenvalue weighted by Gasteiger charge is -2.00. The second-order valence-electron chi connectivity index (χ2n) is 4.21. The van der Waals surface area contributed by atoms with Crippen molar-refractivity contribution in [3.63, 3.8) is 0 Å². The summed E-state index contributed by atoms with van der Waals surface area (Å²) in [6, 6.07) is 6.79. The van der Waals surface area contributed by atoms with E-state index in [0.717, 1.165) is 17.0 Å². The monoisotopic (exact) mass is 250 g/mol. The summed E-state index contributed by atoms with van der Waals surface area (Å²) in [5.74, 6) is -0.199. The Balaban J connectivity index is 2.06. The number of rotatable bonds is 4. The lowest BCUT2D eigenvalue weighted by Crippen LogP contribution is -2.16. The Morgan fingerprint density at radius 1 is 1.47 bits per heavy atom. The molecule has 0 amide bonds. The fourth-order valence-electron chi connectivity index (χ4n) is 1.66. The minimum Gasteiger partial charge on any atom is -0.328 e. The number of aromatic nitrogens is 1. The predicted molar refractivity (Wildman–Crippen MR) is 68.7 cm³/mol. The molecule has 0 aliphatic carbocycles. The quantitative estimate of drug-likeness (QED) is 0.906. The molecular formula is C13H15FN2S. The molecule has 1 unspecified atom stereocenters. The molecule has 0 spiro atoms. The van der Waals surface area contributed by atoms with E-state index in [9.17, 15) is 4.39 Å². The van der Waals surface area contributed by atoms with Gasteiger partial charge in [-0.05, 0) is 31.0 Å². The summed E-state index contributed by atoms with van der Waals surface area (Å²) in [6.07, 6.45) is 3.39. The maximum atomic E-state index is 13.0. The third kappa shape index (κ3) is 3.61. The summed E-state index contributed by atoms with van der Waals surface area (Å²) in [4.78, 5) is 5.52. The number of halogens is 1. The van der Waals surface area contributed by atoms with Gasteiger partial charge in [0.05, 0.1) is 5.01 Å². The van der Waals surface area contributed by atoms with Crippen molar-refractivity contribution in [1.29, 1.82) is 0 Å². The van der Waals surface area contributed by atoms with Crippen LogP contribution in [-0.2, 0) is 12.8 Å². The van der Waals surface area contributed by atoms with Gasteiger partial charge in [0, 0.05) is 23.5 Å². The molecule has 4 heteroatoms. The molecule has 2 N–H and O–H groups in total. The molecule has 0 saturated carbocycles. The SMILES string of the molecule is CC(N)Cc1cnc(Cc2cccc(F)c2)s1. The Morgan fingerprint density at radius 3 is 3.00 bits per heavy atom. The van der Waals surface area contributed by atoms with Crippen molar-refractivity contribution in [2.45, 2.75) is 25.8 Å². The molecule has 2 rings (SSSR count). The van der Waals surface area contributed by atoms with Gasteiger partial charge in [-0.25, -0.2) is 9.37 Å². The molecule has 1 aromatic carbocycles. The van der Waals surface area contributed by atoms with Gasteiger partial charge in [-0.15, -0.1) is 11.3 Å². The highest BCUT2D eigenvalue weighted by Crippen LogP contribution is 2.18. The highest BCUT2D eigenvalue weighted by Gasteiger charge is 2.05. The highest BCUT2D eigenvalue weighted by molar-refractivity contribution is 7.11. The molecule has 1 aromatic heterocycles. The van der Waals surface area contributed by atoms with Gasteiger partial charge in [-0.3, -0.25) is 0 Å². The van der Waals surface area contributed by atoms with Gasteiger partial charge < -0.3 is 5.73 Å². The van der Waals surface area contributed by atoms with Gasteiger partial charge in [-0.2, -0.15) is 0 Å². The van der Waals surface area contributed by atoms with Crippen LogP contribution < -0.4 is 5.73 Å². The van der Waals surface area contributed by atoms with E-state index in [1.165, 1.54) is 10.9 Å². The van der Waals surface area contributed by atoms with Gasteiger partial charge in [0.15, 0.2) is 0 Å². The lowest BCUT2D eigenvalue weighted by atomic mass is 10.1. The summed E-state index contributed by atoms with van der Waals surface area (Å²) < 4.78 is 13.0. The molecule has 0 bridgehead atoms. The average molecular weight is 250 g/mol. The molecule has 1 atom stereocenters. The largest absolute Gasteiger partial charge is 0.328 e. The Kier molecular flexibility index (Phi) is 3.86. The first kappa shape index (κ1) is 12.2. The van der Waals surface area contributed by atoms with Crippen LogP contribution >= 0.6 is 11.3 Å². The first-order valence-corrected chi connectivity index (χ1v) is 6.39.